The average molecular weight is 686 g/mol. The standard InChI is InChI=1S/C39H55N7O4/c1-39(2,3)50-38(48)43-23-34(47)46-19-7-9-31(46)37-42-22-29(44-37)25-12-10-24(11-13-25)27-14-15-28(36-33-17-16-32(49-33)35(27)36)30(21-40-4)41-20-26-8-6-18-45(26)5/h14-15,21-22,24-26,31-33,41H,4,6-13,16-20,23H2,1-3,5H3,(H,42,44)(H,43,48)/b30-21-/t24?,25?,26?,31-,32?,33?/m0/s1. The molecule has 4 aliphatic heterocycles. The maximum atomic E-state index is 13.1. The van der Waals surface area contributed by atoms with Gasteiger partial charge in [0.15, 0.2) is 0 Å². The summed E-state index contributed by atoms with van der Waals surface area (Å²) in [6, 6.07) is 5.12. The first-order chi connectivity index (χ1) is 24.1. The van der Waals surface area contributed by atoms with Gasteiger partial charge in [0.2, 0.25) is 5.91 Å². The van der Waals surface area contributed by atoms with Crippen LogP contribution in [0.5, 0.6) is 0 Å². The molecule has 11 nitrogen and oxygen atoms in total. The third kappa shape index (κ3) is 7.21. The second-order valence-electron chi connectivity index (χ2n) is 16.0. The molecule has 4 atom stereocenters. The Morgan fingerprint density at radius 3 is 2.48 bits per heavy atom. The fraction of sp³-hybridized carbons (Fsp3) is 0.641. The molecule has 3 N–H and O–H groups in total. The van der Waals surface area contributed by atoms with E-state index in [0.717, 1.165) is 76.0 Å². The molecule has 3 unspecified atom stereocenters. The van der Waals surface area contributed by atoms with Gasteiger partial charge in [0.25, 0.3) is 0 Å². The predicted molar refractivity (Wildman–Crippen MR) is 194 cm³/mol. The number of fused-ring (bicyclic) bond motifs is 5. The van der Waals surface area contributed by atoms with E-state index in [2.05, 4.69) is 51.4 Å². The van der Waals surface area contributed by atoms with Crippen LogP contribution < -0.4 is 10.6 Å². The minimum absolute atomic E-state index is 0.0857. The Bertz CT molecular complexity index is 1600. The lowest BCUT2D eigenvalue weighted by molar-refractivity contribution is -0.131. The molecule has 4 fully saturated rings. The highest BCUT2D eigenvalue weighted by Crippen LogP contribution is 2.56. The number of H-pyrrole nitrogens is 1. The summed E-state index contributed by atoms with van der Waals surface area (Å²) in [5.74, 6) is 1.65. The van der Waals surface area contributed by atoms with E-state index in [1.807, 2.05) is 17.3 Å². The maximum absolute atomic E-state index is 13.1. The number of rotatable bonds is 10. The molecule has 50 heavy (non-hydrogen) atoms. The molecule has 1 aromatic heterocycles. The lowest BCUT2D eigenvalue weighted by Crippen LogP contribution is -2.41. The van der Waals surface area contributed by atoms with Crippen molar-refractivity contribution in [1.29, 1.82) is 0 Å². The highest BCUT2D eigenvalue weighted by atomic mass is 16.6. The van der Waals surface area contributed by atoms with Gasteiger partial charge in [-0.2, -0.15) is 0 Å². The van der Waals surface area contributed by atoms with Gasteiger partial charge >= 0.3 is 6.09 Å². The molecule has 2 aromatic rings. The Labute approximate surface area is 296 Å². The van der Waals surface area contributed by atoms with Gasteiger partial charge in [-0.25, -0.2) is 9.78 Å². The van der Waals surface area contributed by atoms with Gasteiger partial charge in [0.1, 0.15) is 18.0 Å². The molecule has 11 heteroatoms. The van der Waals surface area contributed by atoms with Crippen molar-refractivity contribution in [2.24, 2.45) is 4.99 Å². The van der Waals surface area contributed by atoms with Crippen LogP contribution in [0.2, 0.25) is 0 Å². The van der Waals surface area contributed by atoms with Gasteiger partial charge < -0.3 is 34.9 Å². The van der Waals surface area contributed by atoms with Crippen LogP contribution in [0, 0.1) is 0 Å². The second kappa shape index (κ2) is 14.5. The monoisotopic (exact) mass is 685 g/mol. The van der Waals surface area contributed by atoms with Crippen LogP contribution in [0.4, 0.5) is 4.79 Å². The van der Waals surface area contributed by atoms with Crippen LogP contribution in [0.25, 0.3) is 5.70 Å². The van der Waals surface area contributed by atoms with Crippen LogP contribution in [0.3, 0.4) is 0 Å². The number of ether oxygens (including phenoxy) is 2. The lowest BCUT2D eigenvalue weighted by Gasteiger charge is -2.31. The number of amides is 2. The number of imidazole rings is 1. The molecular formula is C39H55N7O4. The van der Waals surface area contributed by atoms with Crippen LogP contribution in [-0.4, -0.2) is 83.4 Å². The number of hydrogen-bond donors (Lipinski definition) is 3. The van der Waals surface area contributed by atoms with Crippen molar-refractivity contribution in [3.8, 4) is 0 Å². The van der Waals surface area contributed by atoms with Crippen molar-refractivity contribution >= 4 is 24.4 Å². The zero-order chi connectivity index (χ0) is 35.0. The number of aliphatic imine (C=N–C) groups is 1. The number of hydrogen-bond acceptors (Lipinski definition) is 8. The molecule has 1 aromatic carbocycles. The minimum Gasteiger partial charge on any atom is -0.444 e. The fourth-order valence-electron chi connectivity index (χ4n) is 9.14. The molecule has 5 heterocycles. The Morgan fingerprint density at radius 2 is 1.76 bits per heavy atom. The van der Waals surface area contributed by atoms with Gasteiger partial charge in [0, 0.05) is 48.7 Å². The quantitative estimate of drug-likeness (QED) is 0.240. The lowest BCUT2D eigenvalue weighted by atomic mass is 9.73. The SMILES string of the molecule is C=N/C=C(\NCC1CCCN1C)c1ccc(C2CCC(c3cnc([C@@H]4CCCN4C(=O)CNC(=O)OC(C)(C)C)[nH]3)CC2)c2c1C1CCC2O1. The summed E-state index contributed by atoms with van der Waals surface area (Å²) in [6.07, 6.45) is 14.5. The Morgan fingerprint density at radius 1 is 1.02 bits per heavy atom. The predicted octanol–water partition coefficient (Wildman–Crippen LogP) is 6.63. The summed E-state index contributed by atoms with van der Waals surface area (Å²) in [7, 11) is 2.22. The zero-order valence-corrected chi connectivity index (χ0v) is 30.3. The molecule has 0 spiro atoms. The number of benzene rings is 1. The van der Waals surface area contributed by atoms with E-state index in [4.69, 9.17) is 14.5 Å². The van der Waals surface area contributed by atoms with Crippen LogP contribution in [-0.2, 0) is 14.3 Å². The molecular weight excluding hydrogens is 630 g/mol. The molecule has 2 amide bonds. The van der Waals surface area contributed by atoms with E-state index < -0.39 is 11.7 Å². The van der Waals surface area contributed by atoms with Crippen molar-refractivity contribution in [3.05, 3.63) is 58.3 Å². The van der Waals surface area contributed by atoms with Crippen molar-refractivity contribution in [3.63, 3.8) is 0 Å². The Balaban J connectivity index is 0.999. The molecule has 2 bridgehead atoms. The number of likely N-dealkylation sites (tertiary alicyclic amines) is 2. The van der Waals surface area contributed by atoms with Crippen molar-refractivity contribution in [2.45, 2.75) is 127 Å². The molecule has 1 aliphatic carbocycles. The zero-order valence-electron chi connectivity index (χ0n) is 30.3. The van der Waals surface area contributed by atoms with Gasteiger partial charge in [0.05, 0.1) is 23.9 Å². The minimum atomic E-state index is -0.611. The van der Waals surface area contributed by atoms with E-state index in [-0.39, 0.29) is 30.7 Å². The van der Waals surface area contributed by atoms with E-state index in [0.29, 0.717) is 24.4 Å². The first-order valence-electron chi connectivity index (χ1n) is 18.8. The maximum Gasteiger partial charge on any atom is 0.408 e. The molecule has 7 rings (SSSR count). The Hall–Kier alpha value is -3.70. The summed E-state index contributed by atoms with van der Waals surface area (Å²) >= 11 is 0. The normalized spacial score (nSPS) is 28.2. The van der Waals surface area contributed by atoms with Crippen LogP contribution >= 0.6 is 0 Å². The third-order valence-corrected chi connectivity index (χ3v) is 11.6. The summed E-state index contributed by atoms with van der Waals surface area (Å²) in [4.78, 5) is 42.1. The largest absolute Gasteiger partial charge is 0.444 e. The summed E-state index contributed by atoms with van der Waals surface area (Å²) in [5, 5.41) is 6.36. The van der Waals surface area contributed by atoms with E-state index in [1.54, 1.807) is 20.8 Å². The molecule has 5 aliphatic rings. The number of aromatic nitrogens is 2. The van der Waals surface area contributed by atoms with Gasteiger partial charge in [-0.3, -0.25) is 9.79 Å². The number of carbonyl (C=O) groups is 2. The Kier molecular flexibility index (Phi) is 10.1. The van der Waals surface area contributed by atoms with Crippen molar-refractivity contribution in [1.82, 2.24) is 30.4 Å². The summed E-state index contributed by atoms with van der Waals surface area (Å²) < 4.78 is 11.9. The van der Waals surface area contributed by atoms with E-state index in [9.17, 15) is 9.59 Å². The van der Waals surface area contributed by atoms with Gasteiger partial charge in [-0.15, -0.1) is 0 Å². The first kappa shape index (κ1) is 34.7. The number of nitrogens with one attached hydrogen (secondary N) is 3. The number of likely N-dealkylation sites (N-methyl/N-ethyl adjacent to an activating group) is 1. The van der Waals surface area contributed by atoms with Crippen molar-refractivity contribution in [2.75, 3.05) is 33.2 Å². The molecule has 270 valence electrons. The number of carbonyl (C=O) groups excluding carboxylic acids is 2. The average Bonchev–Trinajstić information content (AvgIpc) is 3.94. The molecule has 3 saturated heterocycles. The smallest absolute Gasteiger partial charge is 0.408 e. The second-order valence-corrected chi connectivity index (χ2v) is 16.0. The highest BCUT2D eigenvalue weighted by molar-refractivity contribution is 5.82. The fourth-order valence-corrected chi connectivity index (χ4v) is 9.14. The molecule has 1 saturated carbocycles. The van der Waals surface area contributed by atoms with E-state index in [1.165, 1.54) is 40.8 Å². The molecule has 0 radical (unpaired) electrons. The number of nitrogens with zero attached hydrogens (tertiary/aromatic N) is 4. The van der Waals surface area contributed by atoms with Crippen LogP contribution in [0.15, 0.2) is 29.5 Å². The number of aromatic amines is 1. The van der Waals surface area contributed by atoms with Gasteiger partial charge in [-0.05, 0) is 128 Å². The van der Waals surface area contributed by atoms with Crippen molar-refractivity contribution < 1.29 is 19.1 Å². The first-order valence-corrected chi connectivity index (χ1v) is 18.8. The van der Waals surface area contributed by atoms with Gasteiger partial charge in [-0.1, -0.05) is 12.1 Å². The van der Waals surface area contributed by atoms with E-state index >= 15 is 0 Å². The summed E-state index contributed by atoms with van der Waals surface area (Å²) in [6.45, 7) is 11.8. The summed E-state index contributed by atoms with van der Waals surface area (Å²) in [5.41, 5.74) is 7.12. The topological polar surface area (TPSA) is 124 Å². The number of alkyl carbamates (subject to hydrolysis) is 1. The van der Waals surface area contributed by atoms with Crippen LogP contribution in [0.1, 0.15) is 149 Å². The highest BCUT2D eigenvalue weighted by Gasteiger charge is 2.43. The third-order valence-electron chi connectivity index (χ3n) is 11.6.